The molecule has 2 N–H and O–H groups in total. The van der Waals surface area contributed by atoms with Crippen LogP contribution in [0.5, 0.6) is 0 Å². The molecule has 1 aromatic carbocycles. The molecule has 4 rings (SSSR count). The number of amides is 2. The molecule has 3 aliphatic rings. The van der Waals surface area contributed by atoms with Crippen molar-refractivity contribution in [3.05, 3.63) is 35.9 Å². The fourth-order valence-electron chi connectivity index (χ4n) is 6.75. The Kier molecular flexibility index (Phi) is 6.43. The van der Waals surface area contributed by atoms with E-state index in [9.17, 15) is 14.7 Å². The Morgan fingerprint density at radius 2 is 1.77 bits per heavy atom. The highest BCUT2D eigenvalue weighted by molar-refractivity contribution is 5.94. The lowest BCUT2D eigenvalue weighted by Gasteiger charge is -2.56. The number of fused-ring (bicyclic) bond motifs is 1. The van der Waals surface area contributed by atoms with Gasteiger partial charge in [0, 0.05) is 30.6 Å². The maximum absolute atomic E-state index is 13.0. The molecule has 0 aromatic heterocycles. The number of likely N-dealkylation sites (tertiary alicyclic amines) is 1. The molecule has 1 saturated heterocycles. The van der Waals surface area contributed by atoms with Crippen LogP contribution in [0.4, 0.5) is 0 Å². The highest BCUT2D eigenvalue weighted by Crippen LogP contribution is 2.55. The van der Waals surface area contributed by atoms with Gasteiger partial charge in [0.25, 0.3) is 5.91 Å². The van der Waals surface area contributed by atoms with Crippen molar-refractivity contribution in [2.75, 3.05) is 13.1 Å². The lowest BCUT2D eigenvalue weighted by atomic mass is 9.51. The van der Waals surface area contributed by atoms with E-state index in [0.717, 1.165) is 51.6 Å². The Hall–Kier alpha value is -1.88. The number of aliphatic hydroxyl groups is 1. The topological polar surface area (TPSA) is 69.6 Å². The predicted molar refractivity (Wildman–Crippen MR) is 121 cm³/mol. The molecule has 1 heterocycles. The van der Waals surface area contributed by atoms with E-state index in [-0.39, 0.29) is 46.9 Å². The van der Waals surface area contributed by atoms with E-state index in [1.54, 1.807) is 0 Å². The third-order valence-corrected chi connectivity index (χ3v) is 8.69. The summed E-state index contributed by atoms with van der Waals surface area (Å²) in [6.07, 6.45) is 5.56. The van der Waals surface area contributed by atoms with Crippen LogP contribution in [-0.2, 0) is 4.79 Å². The molecule has 2 amide bonds. The van der Waals surface area contributed by atoms with E-state index in [4.69, 9.17) is 0 Å². The zero-order valence-electron chi connectivity index (χ0n) is 19.2. The molecule has 170 valence electrons. The monoisotopic (exact) mass is 426 g/mol. The molecule has 5 heteroatoms. The molecular formula is C26H38N2O3. The van der Waals surface area contributed by atoms with Gasteiger partial charge in [-0.15, -0.1) is 0 Å². The number of nitrogens with one attached hydrogen (secondary N) is 1. The maximum atomic E-state index is 13.0. The van der Waals surface area contributed by atoms with Crippen LogP contribution in [0.25, 0.3) is 0 Å². The van der Waals surface area contributed by atoms with Crippen LogP contribution in [0.15, 0.2) is 30.3 Å². The Morgan fingerprint density at radius 3 is 2.45 bits per heavy atom. The zero-order chi connectivity index (χ0) is 22.2. The van der Waals surface area contributed by atoms with Gasteiger partial charge in [-0.05, 0) is 73.8 Å². The molecule has 7 atom stereocenters. The predicted octanol–water partition coefficient (Wildman–Crippen LogP) is 3.87. The van der Waals surface area contributed by atoms with E-state index in [1.165, 1.54) is 0 Å². The van der Waals surface area contributed by atoms with Gasteiger partial charge in [0.1, 0.15) is 0 Å². The van der Waals surface area contributed by atoms with Crippen LogP contribution in [0.3, 0.4) is 0 Å². The first kappa shape index (κ1) is 22.3. The van der Waals surface area contributed by atoms with Crippen molar-refractivity contribution in [1.82, 2.24) is 10.2 Å². The lowest BCUT2D eigenvalue weighted by molar-refractivity contribution is -0.149. The fourth-order valence-corrected chi connectivity index (χ4v) is 6.75. The van der Waals surface area contributed by atoms with Gasteiger partial charge < -0.3 is 15.3 Å². The number of hydrogen-bond donors (Lipinski definition) is 2. The minimum atomic E-state index is -0.508. The molecule has 0 unspecified atom stereocenters. The second kappa shape index (κ2) is 8.93. The van der Waals surface area contributed by atoms with Crippen LogP contribution in [0, 0.1) is 29.1 Å². The summed E-state index contributed by atoms with van der Waals surface area (Å²) in [5, 5.41) is 14.8. The van der Waals surface area contributed by atoms with Crippen molar-refractivity contribution >= 4 is 11.8 Å². The fraction of sp³-hybridized carbons (Fsp3) is 0.692. The quantitative estimate of drug-likeness (QED) is 0.768. The van der Waals surface area contributed by atoms with Crippen molar-refractivity contribution in [3.63, 3.8) is 0 Å². The standard InChI is InChI=1S/C26H38N2O3/c1-17(25(31)28-15-7-8-16-28)20-11-13-26(3)14-12-21(18(2)22(26)23(20)29)27-24(30)19-9-5-4-6-10-19/h4-6,9-10,17-18,20-23,29H,7-8,11-16H2,1-3H3,(H,27,30)/t17-,18+,20+,21-,22+,23-,26-/m0/s1. The van der Waals surface area contributed by atoms with Gasteiger partial charge in [0.2, 0.25) is 5.91 Å². The molecule has 31 heavy (non-hydrogen) atoms. The van der Waals surface area contributed by atoms with Gasteiger partial charge >= 0.3 is 0 Å². The maximum Gasteiger partial charge on any atom is 0.251 e. The number of hydrogen-bond acceptors (Lipinski definition) is 3. The Labute approximate surface area is 186 Å². The molecule has 3 fully saturated rings. The highest BCUT2D eigenvalue weighted by atomic mass is 16.3. The molecule has 0 bridgehead atoms. The van der Waals surface area contributed by atoms with Crippen LogP contribution in [0.2, 0.25) is 0 Å². The normalized spacial score (nSPS) is 36.5. The Bertz CT molecular complexity index is 791. The number of nitrogens with zero attached hydrogens (tertiary/aromatic N) is 1. The third-order valence-electron chi connectivity index (χ3n) is 8.69. The summed E-state index contributed by atoms with van der Waals surface area (Å²) in [6, 6.07) is 9.39. The molecule has 1 aliphatic heterocycles. The van der Waals surface area contributed by atoms with Crippen molar-refractivity contribution in [2.45, 2.75) is 71.4 Å². The van der Waals surface area contributed by atoms with E-state index in [2.05, 4.69) is 19.2 Å². The van der Waals surface area contributed by atoms with Crippen molar-refractivity contribution in [1.29, 1.82) is 0 Å². The van der Waals surface area contributed by atoms with Crippen LogP contribution >= 0.6 is 0 Å². The summed E-state index contributed by atoms with van der Waals surface area (Å²) in [5.74, 6) is 0.276. The van der Waals surface area contributed by atoms with Crippen molar-refractivity contribution in [2.24, 2.45) is 29.1 Å². The van der Waals surface area contributed by atoms with Crippen molar-refractivity contribution in [3.8, 4) is 0 Å². The van der Waals surface area contributed by atoms with Gasteiger partial charge in [-0.25, -0.2) is 0 Å². The zero-order valence-corrected chi connectivity index (χ0v) is 19.2. The van der Waals surface area contributed by atoms with E-state index >= 15 is 0 Å². The van der Waals surface area contributed by atoms with Crippen LogP contribution in [0.1, 0.15) is 69.7 Å². The first-order valence-electron chi connectivity index (χ1n) is 12.1. The van der Waals surface area contributed by atoms with Crippen LogP contribution in [-0.4, -0.2) is 47.1 Å². The molecule has 2 aliphatic carbocycles. The van der Waals surface area contributed by atoms with E-state index in [1.807, 2.05) is 42.2 Å². The minimum Gasteiger partial charge on any atom is -0.392 e. The van der Waals surface area contributed by atoms with E-state index in [0.29, 0.717) is 5.56 Å². The second-order valence-electron chi connectivity index (χ2n) is 10.5. The van der Waals surface area contributed by atoms with E-state index < -0.39 is 6.10 Å². The molecular weight excluding hydrogens is 388 g/mol. The summed E-state index contributed by atoms with van der Waals surface area (Å²) in [5.41, 5.74) is 0.745. The smallest absolute Gasteiger partial charge is 0.251 e. The molecule has 5 nitrogen and oxygen atoms in total. The first-order valence-corrected chi connectivity index (χ1v) is 12.1. The minimum absolute atomic E-state index is 0.00259. The summed E-state index contributed by atoms with van der Waals surface area (Å²) < 4.78 is 0. The average Bonchev–Trinajstić information content (AvgIpc) is 3.30. The van der Waals surface area contributed by atoms with Gasteiger partial charge in [-0.2, -0.15) is 0 Å². The summed E-state index contributed by atoms with van der Waals surface area (Å²) >= 11 is 0. The second-order valence-corrected chi connectivity index (χ2v) is 10.5. The number of benzene rings is 1. The SMILES string of the molecule is C[C@H]1[C@@H]2[C@@H](O)[C@@H]([C@H](C)C(=O)N3CCCC3)CC[C@@]2(C)CC[C@@H]1NC(=O)c1ccccc1. The molecule has 2 saturated carbocycles. The summed E-state index contributed by atoms with van der Waals surface area (Å²) in [4.78, 5) is 27.8. The van der Waals surface area contributed by atoms with Gasteiger partial charge in [0.15, 0.2) is 0 Å². The third kappa shape index (κ3) is 4.26. The lowest BCUT2D eigenvalue weighted by Crippen LogP contribution is -2.58. The summed E-state index contributed by atoms with van der Waals surface area (Å²) in [6.45, 7) is 8.21. The van der Waals surface area contributed by atoms with Gasteiger partial charge in [-0.1, -0.05) is 39.0 Å². The first-order chi connectivity index (χ1) is 14.8. The number of aliphatic hydroxyl groups excluding tert-OH is 1. The van der Waals surface area contributed by atoms with Crippen molar-refractivity contribution < 1.29 is 14.7 Å². The Morgan fingerprint density at radius 1 is 1.13 bits per heavy atom. The number of rotatable bonds is 4. The molecule has 0 spiro atoms. The highest BCUT2D eigenvalue weighted by Gasteiger charge is 2.54. The van der Waals surface area contributed by atoms with Crippen LogP contribution < -0.4 is 5.32 Å². The average molecular weight is 427 g/mol. The van der Waals surface area contributed by atoms with Gasteiger partial charge in [-0.3, -0.25) is 9.59 Å². The number of carbonyl (C=O) groups is 2. The Balaban J connectivity index is 1.48. The largest absolute Gasteiger partial charge is 0.392 e. The number of carbonyl (C=O) groups excluding carboxylic acids is 2. The molecule has 0 radical (unpaired) electrons. The molecule has 1 aromatic rings. The summed E-state index contributed by atoms with van der Waals surface area (Å²) in [7, 11) is 0. The van der Waals surface area contributed by atoms with Gasteiger partial charge in [0.05, 0.1) is 6.10 Å².